The summed E-state index contributed by atoms with van der Waals surface area (Å²) in [6.45, 7) is -0.245. The van der Waals surface area contributed by atoms with Crippen molar-refractivity contribution in [3.8, 4) is 17.2 Å². The molecule has 0 saturated heterocycles. The maximum absolute atomic E-state index is 14.0. The van der Waals surface area contributed by atoms with Crippen LogP contribution in [0.1, 0.15) is 10.4 Å². The van der Waals surface area contributed by atoms with Gasteiger partial charge in [-0.05, 0) is 6.07 Å². The fraction of sp³-hybridized carbons (Fsp3) is 0.364. The van der Waals surface area contributed by atoms with Gasteiger partial charge in [-0.2, -0.15) is 4.39 Å². The zero-order chi connectivity index (χ0) is 13.0. The van der Waals surface area contributed by atoms with E-state index in [0.717, 1.165) is 0 Å². The maximum Gasteiger partial charge on any atom is 0.211 e. The van der Waals surface area contributed by atoms with Crippen LogP contribution in [0, 0.1) is 5.82 Å². The molecule has 6 heteroatoms. The van der Waals surface area contributed by atoms with Gasteiger partial charge < -0.3 is 19.9 Å². The third kappa shape index (κ3) is 2.31. The Bertz CT molecular complexity index is 434. The molecule has 0 aromatic heterocycles. The summed E-state index contributed by atoms with van der Waals surface area (Å²) in [4.78, 5) is 11.5. The Balaban J connectivity index is 3.50. The Labute approximate surface area is 98.3 Å². The van der Waals surface area contributed by atoms with Crippen molar-refractivity contribution < 1.29 is 23.4 Å². The molecule has 0 heterocycles. The molecule has 0 spiro atoms. The van der Waals surface area contributed by atoms with Gasteiger partial charge in [0.1, 0.15) is 0 Å². The minimum Gasteiger partial charge on any atom is -0.493 e. The molecule has 94 valence electrons. The van der Waals surface area contributed by atoms with Crippen LogP contribution >= 0.6 is 0 Å². The normalized spacial score (nSPS) is 9.94. The molecule has 0 saturated carbocycles. The molecule has 0 aliphatic rings. The van der Waals surface area contributed by atoms with Crippen molar-refractivity contribution in [3.63, 3.8) is 0 Å². The molecule has 0 amide bonds. The zero-order valence-electron chi connectivity index (χ0n) is 9.87. The van der Waals surface area contributed by atoms with E-state index in [2.05, 4.69) is 0 Å². The number of halogens is 1. The van der Waals surface area contributed by atoms with E-state index < -0.39 is 11.6 Å². The number of carbonyl (C=O) groups excluding carboxylic acids is 1. The Morgan fingerprint density at radius 2 is 1.82 bits per heavy atom. The van der Waals surface area contributed by atoms with Crippen LogP contribution in [-0.2, 0) is 0 Å². The number of hydrogen-bond acceptors (Lipinski definition) is 5. The van der Waals surface area contributed by atoms with E-state index in [1.165, 1.54) is 27.4 Å². The quantitative estimate of drug-likeness (QED) is 0.781. The van der Waals surface area contributed by atoms with Crippen LogP contribution < -0.4 is 19.9 Å². The molecular formula is C11H14FNO4. The summed E-state index contributed by atoms with van der Waals surface area (Å²) >= 11 is 0. The van der Waals surface area contributed by atoms with Crippen LogP contribution in [0.15, 0.2) is 6.07 Å². The lowest BCUT2D eigenvalue weighted by atomic mass is 10.1. The summed E-state index contributed by atoms with van der Waals surface area (Å²) in [5.74, 6) is -1.42. The number of ether oxygens (including phenoxy) is 3. The minimum absolute atomic E-state index is 0.0325. The molecule has 0 radical (unpaired) electrons. The Hall–Kier alpha value is -1.82. The smallest absolute Gasteiger partial charge is 0.211 e. The van der Waals surface area contributed by atoms with E-state index in [9.17, 15) is 9.18 Å². The van der Waals surface area contributed by atoms with E-state index in [1.54, 1.807) is 0 Å². The highest BCUT2D eigenvalue weighted by atomic mass is 19.1. The highest BCUT2D eigenvalue weighted by Gasteiger charge is 2.23. The standard InChI is InChI=1S/C11H14FNO4/c1-15-8-4-6(7(14)5-13)10(16-2)9(12)11(8)17-3/h4H,5,13H2,1-3H3. The SMILES string of the molecule is COc1cc(C(=O)CN)c(OC)c(F)c1OC. The van der Waals surface area contributed by atoms with Crippen LogP contribution in [0.5, 0.6) is 17.2 Å². The van der Waals surface area contributed by atoms with E-state index in [1.807, 2.05) is 0 Å². The largest absolute Gasteiger partial charge is 0.493 e. The number of hydrogen-bond donors (Lipinski definition) is 1. The molecule has 0 aliphatic heterocycles. The van der Waals surface area contributed by atoms with Crippen LogP contribution in [0.25, 0.3) is 0 Å². The molecule has 1 aromatic carbocycles. The van der Waals surface area contributed by atoms with Crippen molar-refractivity contribution in [2.45, 2.75) is 0 Å². The van der Waals surface area contributed by atoms with E-state index >= 15 is 0 Å². The number of Topliss-reactive ketones (excluding diaryl/α,β-unsaturated/α-hetero) is 1. The number of methoxy groups -OCH3 is 3. The summed E-state index contributed by atoms with van der Waals surface area (Å²) in [5.41, 5.74) is 5.27. The molecule has 2 N–H and O–H groups in total. The van der Waals surface area contributed by atoms with Gasteiger partial charge in [-0.1, -0.05) is 0 Å². The molecular weight excluding hydrogens is 229 g/mol. The summed E-state index contributed by atoms with van der Waals surface area (Å²) in [7, 11) is 3.91. The minimum atomic E-state index is -0.786. The lowest BCUT2D eigenvalue weighted by Crippen LogP contribution is -2.15. The first-order valence-electron chi connectivity index (χ1n) is 4.82. The highest BCUT2D eigenvalue weighted by Crippen LogP contribution is 2.38. The fourth-order valence-corrected chi connectivity index (χ4v) is 1.45. The Morgan fingerprint density at radius 1 is 1.24 bits per heavy atom. The summed E-state index contributed by atoms with van der Waals surface area (Å²) < 4.78 is 28.6. The number of nitrogens with two attached hydrogens (primary N) is 1. The van der Waals surface area contributed by atoms with Gasteiger partial charge >= 0.3 is 0 Å². The van der Waals surface area contributed by atoms with Crippen molar-refractivity contribution in [2.24, 2.45) is 5.73 Å². The monoisotopic (exact) mass is 243 g/mol. The van der Waals surface area contributed by atoms with Crippen molar-refractivity contribution >= 4 is 5.78 Å². The van der Waals surface area contributed by atoms with Crippen molar-refractivity contribution in [1.29, 1.82) is 0 Å². The molecule has 5 nitrogen and oxygen atoms in total. The summed E-state index contributed by atoms with van der Waals surface area (Å²) in [6, 6.07) is 1.34. The van der Waals surface area contributed by atoms with E-state index in [4.69, 9.17) is 19.9 Å². The molecule has 0 aliphatic carbocycles. The summed E-state index contributed by atoms with van der Waals surface area (Å²) in [5, 5.41) is 0. The molecule has 1 rings (SSSR count). The van der Waals surface area contributed by atoms with Crippen molar-refractivity contribution in [2.75, 3.05) is 27.9 Å². The molecule has 0 atom stereocenters. The second kappa shape index (κ2) is 5.49. The third-order valence-electron chi connectivity index (χ3n) is 2.26. The molecule has 0 bridgehead atoms. The maximum atomic E-state index is 14.0. The lowest BCUT2D eigenvalue weighted by molar-refractivity contribution is 0.0997. The van der Waals surface area contributed by atoms with E-state index in [-0.39, 0.29) is 29.4 Å². The Morgan fingerprint density at radius 3 is 2.24 bits per heavy atom. The van der Waals surface area contributed by atoms with Crippen LogP contribution in [0.2, 0.25) is 0 Å². The fourth-order valence-electron chi connectivity index (χ4n) is 1.45. The second-order valence-electron chi connectivity index (χ2n) is 3.13. The van der Waals surface area contributed by atoms with Gasteiger partial charge in [0, 0.05) is 0 Å². The highest BCUT2D eigenvalue weighted by molar-refractivity contribution is 6.00. The molecule has 0 unspecified atom stereocenters. The van der Waals surface area contributed by atoms with Crippen LogP contribution in [0.3, 0.4) is 0 Å². The lowest BCUT2D eigenvalue weighted by Gasteiger charge is -2.14. The van der Waals surface area contributed by atoms with Crippen molar-refractivity contribution in [3.05, 3.63) is 17.4 Å². The van der Waals surface area contributed by atoms with Gasteiger partial charge in [0.2, 0.25) is 11.6 Å². The van der Waals surface area contributed by atoms with Crippen molar-refractivity contribution in [1.82, 2.24) is 0 Å². The zero-order valence-corrected chi connectivity index (χ0v) is 9.87. The second-order valence-corrected chi connectivity index (χ2v) is 3.13. The number of carbonyl (C=O) groups is 1. The summed E-state index contributed by atoms with van der Waals surface area (Å²) in [6.07, 6.45) is 0. The molecule has 1 aromatic rings. The average molecular weight is 243 g/mol. The third-order valence-corrected chi connectivity index (χ3v) is 2.26. The number of ketones is 1. The van der Waals surface area contributed by atoms with Gasteiger partial charge in [-0.3, -0.25) is 4.79 Å². The Kier molecular flexibility index (Phi) is 4.28. The van der Waals surface area contributed by atoms with Gasteiger partial charge in [-0.25, -0.2) is 0 Å². The molecule has 0 fully saturated rings. The van der Waals surface area contributed by atoms with Gasteiger partial charge in [-0.15, -0.1) is 0 Å². The van der Waals surface area contributed by atoms with E-state index in [0.29, 0.717) is 0 Å². The topological polar surface area (TPSA) is 70.8 Å². The van der Waals surface area contributed by atoms with Gasteiger partial charge in [0.15, 0.2) is 17.3 Å². The van der Waals surface area contributed by atoms with Gasteiger partial charge in [0.25, 0.3) is 0 Å². The predicted molar refractivity (Wildman–Crippen MR) is 59.4 cm³/mol. The number of rotatable bonds is 5. The predicted octanol–water partition coefficient (Wildman–Crippen LogP) is 0.993. The first-order chi connectivity index (χ1) is 8.10. The van der Waals surface area contributed by atoms with Crippen LogP contribution in [-0.4, -0.2) is 33.7 Å². The molecule has 17 heavy (non-hydrogen) atoms. The number of benzene rings is 1. The first-order valence-corrected chi connectivity index (χ1v) is 4.82. The van der Waals surface area contributed by atoms with Crippen LogP contribution in [0.4, 0.5) is 4.39 Å². The van der Waals surface area contributed by atoms with Gasteiger partial charge in [0.05, 0.1) is 33.4 Å². The average Bonchev–Trinajstić information content (AvgIpc) is 2.36. The first kappa shape index (κ1) is 13.2.